The molecule has 206 valence electrons. The number of para-hydroxylation sites is 1. The van der Waals surface area contributed by atoms with Crippen LogP contribution < -0.4 is 4.74 Å². The predicted octanol–water partition coefficient (Wildman–Crippen LogP) is 9.43. The molecule has 0 unspecified atom stereocenters. The Hall–Kier alpha value is -5.16. The number of phenols is 1. The van der Waals surface area contributed by atoms with Crippen molar-refractivity contribution in [1.29, 1.82) is 0 Å². The van der Waals surface area contributed by atoms with Gasteiger partial charge in [-0.2, -0.15) is 0 Å². The maximum atomic E-state index is 10.8. The highest BCUT2D eigenvalue weighted by Crippen LogP contribution is 2.39. The van der Waals surface area contributed by atoms with Crippen molar-refractivity contribution in [2.45, 2.75) is 34.6 Å². The van der Waals surface area contributed by atoms with Crippen LogP contribution in [0.4, 0.5) is 0 Å². The quantitative estimate of drug-likeness (QED) is 0.238. The summed E-state index contributed by atoms with van der Waals surface area (Å²) in [6, 6.07) is 28.5. The highest BCUT2D eigenvalue weighted by Gasteiger charge is 2.17. The van der Waals surface area contributed by atoms with E-state index in [1.165, 1.54) is 27.8 Å². The number of hydrogen-bond acceptors (Lipinski definition) is 4. The standard InChI is InChI=1S/C37H31N3O2/c1-21-16-23(3)36(24(4)17-21)29-12-14-33(41)37-30(29)13-15-35(39-37)42-26-10-11-28-27-8-6-7-9-31(27)40(32(28)19-26)34-18-22(2)25(5)20-38-34/h6-20,41H,1-5H3. The van der Waals surface area contributed by atoms with Crippen LogP contribution in [0.2, 0.25) is 0 Å². The van der Waals surface area contributed by atoms with Gasteiger partial charge in [-0.25, -0.2) is 9.97 Å². The summed E-state index contributed by atoms with van der Waals surface area (Å²) in [7, 11) is 0. The van der Waals surface area contributed by atoms with Gasteiger partial charge < -0.3 is 9.84 Å². The van der Waals surface area contributed by atoms with Gasteiger partial charge >= 0.3 is 0 Å². The Kier molecular flexibility index (Phi) is 5.98. The molecule has 0 saturated heterocycles. The Bertz CT molecular complexity index is 2170. The van der Waals surface area contributed by atoms with Crippen molar-refractivity contribution in [3.05, 3.63) is 119 Å². The number of hydrogen-bond donors (Lipinski definition) is 1. The average Bonchev–Trinajstić information content (AvgIpc) is 3.29. The molecular weight excluding hydrogens is 518 g/mol. The van der Waals surface area contributed by atoms with Crippen LogP contribution in [-0.4, -0.2) is 19.6 Å². The van der Waals surface area contributed by atoms with Gasteiger partial charge in [0.25, 0.3) is 0 Å². The molecule has 0 fully saturated rings. The maximum absolute atomic E-state index is 10.8. The molecule has 0 atom stereocenters. The second kappa shape index (κ2) is 9.74. The molecule has 5 heteroatoms. The fourth-order valence-electron chi connectivity index (χ4n) is 6.18. The molecule has 3 aromatic heterocycles. The zero-order valence-corrected chi connectivity index (χ0v) is 24.4. The van der Waals surface area contributed by atoms with Gasteiger partial charge in [-0.15, -0.1) is 0 Å². The highest BCUT2D eigenvalue weighted by molar-refractivity contribution is 6.09. The van der Waals surface area contributed by atoms with E-state index in [0.717, 1.165) is 44.1 Å². The molecule has 0 bridgehead atoms. The minimum atomic E-state index is 0.123. The molecule has 0 spiro atoms. The van der Waals surface area contributed by atoms with Crippen LogP contribution in [0.5, 0.6) is 17.4 Å². The SMILES string of the molecule is Cc1cc(C)c(-c2ccc(O)c3nc(Oc4ccc5c6ccccc6n(-c6cc(C)c(C)cn6)c5c4)ccc23)c(C)c1. The molecule has 0 aliphatic rings. The summed E-state index contributed by atoms with van der Waals surface area (Å²) >= 11 is 0. The van der Waals surface area contributed by atoms with E-state index in [4.69, 9.17) is 14.7 Å². The van der Waals surface area contributed by atoms with Crippen LogP contribution in [0.15, 0.2) is 91.1 Å². The number of aromatic hydroxyl groups is 1. The first-order chi connectivity index (χ1) is 20.3. The second-order valence-electron chi connectivity index (χ2n) is 11.2. The van der Waals surface area contributed by atoms with Crippen LogP contribution in [-0.2, 0) is 0 Å². The normalized spacial score (nSPS) is 11.5. The van der Waals surface area contributed by atoms with E-state index >= 15 is 0 Å². The zero-order valence-electron chi connectivity index (χ0n) is 24.4. The third kappa shape index (κ3) is 4.17. The lowest BCUT2D eigenvalue weighted by atomic mass is 9.91. The topological polar surface area (TPSA) is 60.2 Å². The average molecular weight is 550 g/mol. The van der Waals surface area contributed by atoms with Crippen LogP contribution in [0, 0.1) is 34.6 Å². The number of benzene rings is 4. The molecular formula is C37H31N3O2. The molecule has 4 aromatic carbocycles. The van der Waals surface area contributed by atoms with Crippen molar-refractivity contribution in [3.63, 3.8) is 0 Å². The molecule has 0 radical (unpaired) electrons. The lowest BCUT2D eigenvalue weighted by Crippen LogP contribution is -1.99. The Labute approximate surface area is 244 Å². The minimum Gasteiger partial charge on any atom is -0.506 e. The lowest BCUT2D eigenvalue weighted by molar-refractivity contribution is 0.460. The van der Waals surface area contributed by atoms with Gasteiger partial charge in [0.05, 0.1) is 11.0 Å². The zero-order chi connectivity index (χ0) is 29.1. The van der Waals surface area contributed by atoms with Crippen molar-refractivity contribution in [2.24, 2.45) is 0 Å². The summed E-state index contributed by atoms with van der Waals surface area (Å²) < 4.78 is 8.51. The van der Waals surface area contributed by atoms with Crippen molar-refractivity contribution in [3.8, 4) is 34.3 Å². The van der Waals surface area contributed by atoms with E-state index in [2.05, 4.69) is 87.7 Å². The van der Waals surface area contributed by atoms with Gasteiger partial charge in [0.15, 0.2) is 0 Å². The third-order valence-electron chi connectivity index (χ3n) is 8.21. The minimum absolute atomic E-state index is 0.123. The maximum Gasteiger partial charge on any atom is 0.219 e. The van der Waals surface area contributed by atoms with Crippen LogP contribution in [0.25, 0.3) is 49.7 Å². The monoisotopic (exact) mass is 549 g/mol. The molecule has 0 aliphatic carbocycles. The smallest absolute Gasteiger partial charge is 0.219 e. The molecule has 42 heavy (non-hydrogen) atoms. The van der Waals surface area contributed by atoms with E-state index in [-0.39, 0.29) is 5.75 Å². The number of ether oxygens (including phenoxy) is 1. The molecule has 1 N–H and O–H groups in total. The Morgan fingerprint density at radius 3 is 2.19 bits per heavy atom. The number of phenolic OH excluding ortho intramolecular Hbond substituents is 1. The first-order valence-corrected chi connectivity index (χ1v) is 14.1. The second-order valence-corrected chi connectivity index (χ2v) is 11.2. The number of fused-ring (bicyclic) bond motifs is 4. The van der Waals surface area contributed by atoms with E-state index in [0.29, 0.717) is 17.1 Å². The summed E-state index contributed by atoms with van der Waals surface area (Å²) in [4.78, 5) is 9.54. The van der Waals surface area contributed by atoms with E-state index in [1.807, 2.05) is 36.5 Å². The Morgan fingerprint density at radius 2 is 1.40 bits per heavy atom. The molecule has 0 saturated carbocycles. The van der Waals surface area contributed by atoms with Crippen molar-refractivity contribution in [1.82, 2.24) is 14.5 Å². The number of rotatable bonds is 4. The molecule has 0 aliphatic heterocycles. The summed E-state index contributed by atoms with van der Waals surface area (Å²) in [6.07, 6.45) is 1.92. The van der Waals surface area contributed by atoms with E-state index in [1.54, 1.807) is 6.07 Å². The lowest BCUT2D eigenvalue weighted by Gasteiger charge is -2.15. The molecule has 7 aromatic rings. The number of aryl methyl sites for hydroxylation is 5. The van der Waals surface area contributed by atoms with Gasteiger partial charge in [0.1, 0.15) is 22.8 Å². The highest BCUT2D eigenvalue weighted by atomic mass is 16.5. The summed E-state index contributed by atoms with van der Waals surface area (Å²) in [5.74, 6) is 2.06. The Morgan fingerprint density at radius 1 is 0.667 bits per heavy atom. The summed E-state index contributed by atoms with van der Waals surface area (Å²) in [5.41, 5.74) is 10.8. The van der Waals surface area contributed by atoms with E-state index in [9.17, 15) is 5.11 Å². The van der Waals surface area contributed by atoms with Crippen molar-refractivity contribution < 1.29 is 9.84 Å². The fraction of sp³-hybridized carbons (Fsp3) is 0.135. The van der Waals surface area contributed by atoms with Crippen LogP contribution >= 0.6 is 0 Å². The largest absolute Gasteiger partial charge is 0.506 e. The van der Waals surface area contributed by atoms with Crippen LogP contribution in [0.3, 0.4) is 0 Å². The van der Waals surface area contributed by atoms with Gasteiger partial charge in [-0.3, -0.25) is 4.57 Å². The van der Waals surface area contributed by atoms with Crippen molar-refractivity contribution in [2.75, 3.05) is 0 Å². The number of aromatic nitrogens is 3. The summed E-state index contributed by atoms with van der Waals surface area (Å²) in [5, 5.41) is 14.0. The number of pyridine rings is 2. The first kappa shape index (κ1) is 25.8. The molecule has 7 rings (SSSR count). The fourth-order valence-corrected chi connectivity index (χ4v) is 6.18. The molecule has 5 nitrogen and oxygen atoms in total. The Balaban J connectivity index is 1.34. The van der Waals surface area contributed by atoms with Gasteiger partial charge in [0, 0.05) is 34.5 Å². The van der Waals surface area contributed by atoms with E-state index < -0.39 is 0 Å². The predicted molar refractivity (Wildman–Crippen MR) is 171 cm³/mol. The molecule has 3 heterocycles. The van der Waals surface area contributed by atoms with Crippen LogP contribution in [0.1, 0.15) is 27.8 Å². The van der Waals surface area contributed by atoms with Gasteiger partial charge in [-0.1, -0.05) is 35.9 Å². The molecule has 0 amide bonds. The third-order valence-corrected chi connectivity index (χ3v) is 8.21. The van der Waals surface area contributed by atoms with Gasteiger partial charge in [-0.05, 0) is 110 Å². The van der Waals surface area contributed by atoms with Crippen molar-refractivity contribution >= 4 is 32.7 Å². The summed E-state index contributed by atoms with van der Waals surface area (Å²) in [6.45, 7) is 10.5. The number of nitrogens with zero attached hydrogens (tertiary/aromatic N) is 3. The van der Waals surface area contributed by atoms with Gasteiger partial charge in [0.2, 0.25) is 5.88 Å². The first-order valence-electron chi connectivity index (χ1n) is 14.1.